The Morgan fingerprint density at radius 1 is 1.09 bits per heavy atom. The number of aliphatic carboxylic acids is 2. The van der Waals surface area contributed by atoms with Crippen molar-refractivity contribution in [2.45, 2.75) is 52.4 Å². The van der Waals surface area contributed by atoms with Gasteiger partial charge in [0.05, 0.1) is 0 Å². The summed E-state index contributed by atoms with van der Waals surface area (Å²) in [6.45, 7) is 7.89. The second-order valence-electron chi connectivity index (χ2n) is 5.41. The smallest absolute Gasteiger partial charge is 0.332 e. The van der Waals surface area contributed by atoms with Crippen LogP contribution in [0.2, 0.25) is 0 Å². The summed E-state index contributed by atoms with van der Waals surface area (Å²) in [5.74, 6) is -3.04. The third-order valence-corrected chi connectivity index (χ3v) is 3.64. The van der Waals surface area contributed by atoms with Crippen LogP contribution in [0.25, 0.3) is 0 Å². The van der Waals surface area contributed by atoms with Crippen molar-refractivity contribution < 1.29 is 29.3 Å². The fraction of sp³-hybridized carbons (Fsp3) is 0.688. The number of ether oxygens (including phenoxy) is 1. The fourth-order valence-electron chi connectivity index (χ4n) is 2.42. The van der Waals surface area contributed by atoms with E-state index in [9.17, 15) is 19.5 Å². The average molecular weight is 314 g/mol. The quantitative estimate of drug-likeness (QED) is 0.400. The molecule has 0 heterocycles. The second kappa shape index (κ2) is 10.1. The highest BCUT2D eigenvalue weighted by molar-refractivity contribution is 5.98. The summed E-state index contributed by atoms with van der Waals surface area (Å²) in [6, 6.07) is 0. The summed E-state index contributed by atoms with van der Waals surface area (Å²) in [5, 5.41) is 18.6. The van der Waals surface area contributed by atoms with Crippen molar-refractivity contribution in [1.82, 2.24) is 0 Å². The van der Waals surface area contributed by atoms with Crippen LogP contribution in [0.15, 0.2) is 12.2 Å². The van der Waals surface area contributed by atoms with Crippen molar-refractivity contribution in [3.63, 3.8) is 0 Å². The van der Waals surface area contributed by atoms with Crippen LogP contribution in [0.1, 0.15) is 52.4 Å². The number of carboxylic acid groups (broad SMARTS) is 2. The van der Waals surface area contributed by atoms with E-state index in [0.29, 0.717) is 19.6 Å². The lowest BCUT2D eigenvalue weighted by Crippen LogP contribution is -2.37. The van der Waals surface area contributed by atoms with Gasteiger partial charge in [-0.05, 0) is 26.7 Å². The summed E-state index contributed by atoms with van der Waals surface area (Å²) < 4.78 is 5.21. The van der Waals surface area contributed by atoms with Crippen LogP contribution in [-0.4, -0.2) is 41.1 Å². The molecule has 0 aromatic rings. The second-order valence-corrected chi connectivity index (χ2v) is 5.41. The predicted molar refractivity (Wildman–Crippen MR) is 81.7 cm³/mol. The van der Waals surface area contributed by atoms with E-state index in [0.717, 1.165) is 19.3 Å². The maximum Gasteiger partial charge on any atom is 0.332 e. The minimum atomic E-state index is -1.71. The molecule has 0 fully saturated rings. The van der Waals surface area contributed by atoms with Gasteiger partial charge in [0.1, 0.15) is 11.2 Å². The van der Waals surface area contributed by atoms with Crippen LogP contribution in [0.3, 0.4) is 0 Å². The number of carbonyl (C=O) groups is 3. The summed E-state index contributed by atoms with van der Waals surface area (Å²) in [6.07, 6.45) is 2.79. The van der Waals surface area contributed by atoms with Crippen molar-refractivity contribution in [1.29, 1.82) is 0 Å². The Hall–Kier alpha value is -1.69. The van der Waals surface area contributed by atoms with E-state index in [2.05, 4.69) is 6.58 Å². The molecule has 0 radical (unpaired) electrons. The number of hydrogen-bond acceptors (Lipinski definition) is 4. The summed E-state index contributed by atoms with van der Waals surface area (Å²) in [4.78, 5) is 34.1. The lowest BCUT2D eigenvalue weighted by Gasteiger charge is -2.28. The van der Waals surface area contributed by atoms with Crippen LogP contribution < -0.4 is 0 Å². The zero-order valence-electron chi connectivity index (χ0n) is 13.4. The number of rotatable bonds is 13. The van der Waals surface area contributed by atoms with Crippen LogP contribution >= 0.6 is 0 Å². The van der Waals surface area contributed by atoms with Crippen molar-refractivity contribution in [3.05, 3.63) is 12.2 Å². The van der Waals surface area contributed by atoms with Gasteiger partial charge in [-0.15, -0.1) is 0 Å². The van der Waals surface area contributed by atoms with E-state index in [1.807, 2.05) is 6.92 Å². The van der Waals surface area contributed by atoms with Gasteiger partial charge in [0, 0.05) is 25.2 Å². The zero-order chi connectivity index (χ0) is 17.2. The summed E-state index contributed by atoms with van der Waals surface area (Å²) >= 11 is 0. The zero-order valence-corrected chi connectivity index (χ0v) is 13.4. The molecular weight excluding hydrogens is 288 g/mol. The Labute approximate surface area is 131 Å². The molecule has 0 aliphatic rings. The molecule has 22 heavy (non-hydrogen) atoms. The van der Waals surface area contributed by atoms with E-state index >= 15 is 0 Å². The molecule has 1 atom stereocenters. The van der Waals surface area contributed by atoms with Gasteiger partial charge < -0.3 is 14.9 Å². The Balaban J connectivity index is 4.72. The monoisotopic (exact) mass is 314 g/mol. The first-order chi connectivity index (χ1) is 10.3. The molecule has 2 N–H and O–H groups in total. The van der Waals surface area contributed by atoms with Gasteiger partial charge in [0.2, 0.25) is 0 Å². The molecule has 0 saturated carbocycles. The Morgan fingerprint density at radius 3 is 2.14 bits per heavy atom. The summed E-state index contributed by atoms with van der Waals surface area (Å²) in [7, 11) is 0. The van der Waals surface area contributed by atoms with Gasteiger partial charge in [0.25, 0.3) is 0 Å². The van der Waals surface area contributed by atoms with E-state index in [-0.39, 0.29) is 18.6 Å². The highest BCUT2D eigenvalue weighted by Gasteiger charge is 2.44. The van der Waals surface area contributed by atoms with Crippen LogP contribution in [0.4, 0.5) is 0 Å². The lowest BCUT2D eigenvalue weighted by atomic mass is 9.72. The normalized spacial score (nSPS) is 13.4. The fourth-order valence-corrected chi connectivity index (χ4v) is 2.42. The minimum Gasteiger partial charge on any atom is -0.481 e. The van der Waals surface area contributed by atoms with Gasteiger partial charge in [-0.3, -0.25) is 9.59 Å². The first kappa shape index (κ1) is 20.3. The Bertz CT molecular complexity index is 415. The number of Topliss-reactive ketones (excluding diaryl/α,β-unsaturated/α-hetero) is 1. The SMILES string of the molecule is C=C(C(=O)O)C(CCCCCCOCC)(CC(C)=O)C(=O)O. The molecule has 0 rings (SSSR count). The van der Waals surface area contributed by atoms with E-state index in [4.69, 9.17) is 9.84 Å². The molecular formula is C16H26O6. The van der Waals surface area contributed by atoms with Crippen molar-refractivity contribution in [3.8, 4) is 0 Å². The molecule has 0 amide bonds. The van der Waals surface area contributed by atoms with E-state index in [1.54, 1.807) is 0 Å². The molecule has 0 aromatic heterocycles. The van der Waals surface area contributed by atoms with Crippen molar-refractivity contribution in [2.24, 2.45) is 5.41 Å². The van der Waals surface area contributed by atoms with Gasteiger partial charge in [0.15, 0.2) is 0 Å². The highest BCUT2D eigenvalue weighted by atomic mass is 16.5. The third kappa shape index (κ3) is 6.39. The summed E-state index contributed by atoms with van der Waals surface area (Å²) in [5.41, 5.74) is -2.14. The van der Waals surface area contributed by atoms with E-state index < -0.39 is 22.9 Å². The lowest BCUT2D eigenvalue weighted by molar-refractivity contribution is -0.152. The van der Waals surface area contributed by atoms with Crippen LogP contribution in [0.5, 0.6) is 0 Å². The topological polar surface area (TPSA) is 101 Å². The first-order valence-corrected chi connectivity index (χ1v) is 7.51. The van der Waals surface area contributed by atoms with Crippen LogP contribution in [-0.2, 0) is 19.1 Å². The molecule has 0 spiro atoms. The van der Waals surface area contributed by atoms with Gasteiger partial charge in [-0.1, -0.05) is 25.8 Å². The molecule has 0 bridgehead atoms. The third-order valence-electron chi connectivity index (χ3n) is 3.64. The maximum absolute atomic E-state index is 11.6. The van der Waals surface area contributed by atoms with Gasteiger partial charge in [-0.2, -0.15) is 0 Å². The Morgan fingerprint density at radius 2 is 1.68 bits per heavy atom. The molecule has 0 saturated heterocycles. The molecule has 0 aliphatic carbocycles. The number of carbonyl (C=O) groups excluding carboxylic acids is 1. The average Bonchev–Trinajstić information content (AvgIpc) is 2.43. The number of carboxylic acids is 2. The van der Waals surface area contributed by atoms with Crippen LogP contribution in [0, 0.1) is 5.41 Å². The molecule has 6 heteroatoms. The molecule has 0 aromatic carbocycles. The number of ketones is 1. The standard InChI is InChI=1S/C16H26O6/c1-4-22-10-8-6-5-7-9-16(15(20)21,11-12(2)17)13(3)14(18)19/h3-11H2,1-2H3,(H,18,19)(H,20,21). The molecule has 126 valence electrons. The largest absolute Gasteiger partial charge is 0.481 e. The Kier molecular flexibility index (Phi) is 9.33. The maximum atomic E-state index is 11.6. The highest BCUT2D eigenvalue weighted by Crippen LogP contribution is 2.37. The number of unbranched alkanes of at least 4 members (excludes halogenated alkanes) is 3. The van der Waals surface area contributed by atoms with Gasteiger partial charge >= 0.3 is 11.9 Å². The van der Waals surface area contributed by atoms with E-state index in [1.165, 1.54) is 6.92 Å². The van der Waals surface area contributed by atoms with Crippen molar-refractivity contribution in [2.75, 3.05) is 13.2 Å². The minimum absolute atomic E-state index is 0.0989. The molecule has 1 unspecified atom stereocenters. The first-order valence-electron chi connectivity index (χ1n) is 7.51. The molecule has 6 nitrogen and oxygen atoms in total. The predicted octanol–water partition coefficient (Wildman–Crippen LogP) is 2.66. The number of hydrogen-bond donors (Lipinski definition) is 2. The van der Waals surface area contributed by atoms with Crippen molar-refractivity contribution >= 4 is 17.7 Å². The molecule has 0 aliphatic heterocycles. The van der Waals surface area contributed by atoms with Gasteiger partial charge in [-0.25, -0.2) is 4.79 Å².